The summed E-state index contributed by atoms with van der Waals surface area (Å²) >= 11 is 0. The fraction of sp³-hybridized carbons (Fsp3) is 0.429. The van der Waals surface area contributed by atoms with Crippen LogP contribution in [-0.2, 0) is 23.0 Å². The van der Waals surface area contributed by atoms with Crippen molar-refractivity contribution in [3.8, 4) is 0 Å². The zero-order valence-corrected chi connectivity index (χ0v) is 13.9. The van der Waals surface area contributed by atoms with Crippen molar-refractivity contribution in [2.45, 2.75) is 37.8 Å². The average molecular weight is 347 g/mol. The smallest absolute Gasteiger partial charge is 0.282 e. The number of nitrogens with zero attached hydrogens (tertiary/aromatic N) is 6. The van der Waals surface area contributed by atoms with Crippen LogP contribution in [0, 0.1) is 5.92 Å². The first-order valence-corrected chi connectivity index (χ1v) is 9.29. The number of rotatable bonds is 6. The van der Waals surface area contributed by atoms with Gasteiger partial charge in [-0.1, -0.05) is 6.92 Å². The normalized spacial score (nSPS) is 15.0. The molecule has 3 heterocycles. The number of imidazole rings is 1. The summed E-state index contributed by atoms with van der Waals surface area (Å²) in [6, 6.07) is 1.53. The van der Waals surface area contributed by atoms with E-state index in [1.54, 1.807) is 6.20 Å². The lowest BCUT2D eigenvalue weighted by atomic mass is 10.4. The Morgan fingerprint density at radius 3 is 2.92 bits per heavy atom. The monoisotopic (exact) mass is 347 g/mol. The second-order valence-corrected chi connectivity index (χ2v) is 7.48. The van der Waals surface area contributed by atoms with Crippen LogP contribution in [0.25, 0.3) is 5.78 Å². The zero-order chi connectivity index (χ0) is 16.7. The first kappa shape index (κ1) is 15.1. The van der Waals surface area contributed by atoms with Gasteiger partial charge in [0.25, 0.3) is 15.8 Å². The maximum absolute atomic E-state index is 12.7. The van der Waals surface area contributed by atoms with E-state index in [0.717, 1.165) is 12.4 Å². The Hall–Kier alpha value is -2.49. The first-order valence-electron chi connectivity index (χ1n) is 7.80. The summed E-state index contributed by atoms with van der Waals surface area (Å²) in [5.41, 5.74) is 0. The molecule has 1 fully saturated rings. The molecule has 126 valence electrons. The molecule has 9 nitrogen and oxygen atoms in total. The Labute approximate surface area is 138 Å². The van der Waals surface area contributed by atoms with Crippen LogP contribution in [0.3, 0.4) is 0 Å². The molecule has 4 rings (SSSR count). The molecule has 0 unspecified atom stereocenters. The molecule has 0 amide bonds. The van der Waals surface area contributed by atoms with E-state index in [4.69, 9.17) is 0 Å². The van der Waals surface area contributed by atoms with Crippen molar-refractivity contribution in [1.29, 1.82) is 0 Å². The second kappa shape index (κ2) is 5.55. The summed E-state index contributed by atoms with van der Waals surface area (Å²) in [7, 11) is -3.81. The van der Waals surface area contributed by atoms with Crippen LogP contribution in [0.4, 0.5) is 5.82 Å². The van der Waals surface area contributed by atoms with E-state index in [9.17, 15) is 8.42 Å². The van der Waals surface area contributed by atoms with Gasteiger partial charge in [0.1, 0.15) is 18.0 Å². The Morgan fingerprint density at radius 1 is 1.33 bits per heavy atom. The third-order valence-corrected chi connectivity index (χ3v) is 5.22. The van der Waals surface area contributed by atoms with Crippen molar-refractivity contribution < 1.29 is 8.42 Å². The van der Waals surface area contributed by atoms with Crippen molar-refractivity contribution in [2.24, 2.45) is 5.92 Å². The fourth-order valence-corrected chi connectivity index (χ4v) is 3.61. The van der Waals surface area contributed by atoms with Gasteiger partial charge < -0.3 is 4.57 Å². The minimum Gasteiger partial charge on any atom is -0.333 e. The number of anilines is 1. The van der Waals surface area contributed by atoms with Gasteiger partial charge in [0.15, 0.2) is 5.03 Å². The summed E-state index contributed by atoms with van der Waals surface area (Å²) < 4.78 is 31.2. The van der Waals surface area contributed by atoms with Crippen molar-refractivity contribution >= 4 is 21.6 Å². The van der Waals surface area contributed by atoms with Crippen LogP contribution in [0.1, 0.15) is 25.6 Å². The van der Waals surface area contributed by atoms with Gasteiger partial charge in [-0.2, -0.15) is 23.0 Å². The Balaban J connectivity index is 1.67. The molecule has 0 atom stereocenters. The van der Waals surface area contributed by atoms with Crippen LogP contribution in [0.2, 0.25) is 0 Å². The molecular formula is C14H17N7O2S. The maximum atomic E-state index is 12.7. The van der Waals surface area contributed by atoms with Gasteiger partial charge in [-0.3, -0.25) is 4.72 Å². The molecule has 3 aromatic heterocycles. The third kappa shape index (κ3) is 2.73. The summed E-state index contributed by atoms with van der Waals surface area (Å²) in [6.45, 7) is 2.80. The van der Waals surface area contributed by atoms with E-state index in [1.165, 1.54) is 35.9 Å². The average Bonchev–Trinajstić information content (AvgIpc) is 3.08. The molecule has 0 spiro atoms. The van der Waals surface area contributed by atoms with Crippen LogP contribution in [-0.4, -0.2) is 37.6 Å². The van der Waals surface area contributed by atoms with E-state index in [2.05, 4.69) is 24.8 Å². The van der Waals surface area contributed by atoms with Gasteiger partial charge in [0.05, 0.1) is 0 Å². The molecule has 24 heavy (non-hydrogen) atoms. The molecule has 1 aliphatic carbocycles. The standard InChI is InChI=1S/C14H17N7O2S/c1-2-11-18-13(8-20(11)7-10-3-4-10)24(22,23)19-12-5-6-15-14-16-9-17-21(12)14/h5-6,8-10,19H,2-4,7H2,1H3. The van der Waals surface area contributed by atoms with Crippen LogP contribution in [0.5, 0.6) is 0 Å². The molecule has 0 aromatic carbocycles. The number of aryl methyl sites for hydroxylation is 1. The van der Waals surface area contributed by atoms with Gasteiger partial charge >= 0.3 is 0 Å². The molecule has 0 aliphatic heterocycles. The van der Waals surface area contributed by atoms with Gasteiger partial charge in [0.2, 0.25) is 0 Å². The number of nitrogens with one attached hydrogen (secondary N) is 1. The number of sulfonamides is 1. The van der Waals surface area contributed by atoms with E-state index in [-0.39, 0.29) is 10.8 Å². The zero-order valence-electron chi connectivity index (χ0n) is 13.1. The molecular weight excluding hydrogens is 330 g/mol. The topological polar surface area (TPSA) is 107 Å². The van der Waals surface area contributed by atoms with Crippen molar-refractivity contribution in [2.75, 3.05) is 4.72 Å². The van der Waals surface area contributed by atoms with E-state index in [1.807, 2.05) is 11.5 Å². The Morgan fingerprint density at radius 2 is 2.17 bits per heavy atom. The highest BCUT2D eigenvalue weighted by atomic mass is 32.2. The summed E-state index contributed by atoms with van der Waals surface area (Å²) in [5.74, 6) is 2.02. The molecule has 0 radical (unpaired) electrons. The van der Waals surface area contributed by atoms with Crippen LogP contribution >= 0.6 is 0 Å². The molecule has 0 bridgehead atoms. The molecule has 10 heteroatoms. The Kier molecular flexibility index (Phi) is 3.48. The molecule has 1 saturated carbocycles. The highest BCUT2D eigenvalue weighted by Gasteiger charge is 2.26. The van der Waals surface area contributed by atoms with Crippen molar-refractivity contribution in [1.82, 2.24) is 29.1 Å². The Bertz CT molecular complexity index is 988. The van der Waals surface area contributed by atoms with Gasteiger partial charge in [0, 0.05) is 31.4 Å². The predicted molar refractivity (Wildman–Crippen MR) is 85.9 cm³/mol. The predicted octanol–water partition coefficient (Wildman–Crippen LogP) is 1.09. The fourth-order valence-electron chi connectivity index (χ4n) is 2.58. The SMILES string of the molecule is CCc1nc(S(=O)(=O)Nc2ccnc3ncnn23)cn1CC1CC1. The first-order chi connectivity index (χ1) is 11.6. The second-order valence-electron chi connectivity index (χ2n) is 5.85. The minimum atomic E-state index is -3.81. The van der Waals surface area contributed by atoms with Crippen LogP contribution in [0.15, 0.2) is 29.8 Å². The van der Waals surface area contributed by atoms with Crippen molar-refractivity contribution in [3.05, 3.63) is 30.6 Å². The largest absolute Gasteiger partial charge is 0.333 e. The van der Waals surface area contributed by atoms with Gasteiger partial charge in [-0.25, -0.2) is 9.97 Å². The van der Waals surface area contributed by atoms with Crippen molar-refractivity contribution in [3.63, 3.8) is 0 Å². The summed E-state index contributed by atoms with van der Waals surface area (Å²) in [5, 5.41) is 3.99. The van der Waals surface area contributed by atoms with Gasteiger partial charge in [-0.15, -0.1) is 0 Å². The summed E-state index contributed by atoms with van der Waals surface area (Å²) in [4.78, 5) is 12.2. The lowest BCUT2D eigenvalue weighted by Crippen LogP contribution is -2.16. The number of aromatic nitrogens is 6. The highest BCUT2D eigenvalue weighted by molar-refractivity contribution is 7.92. The lowest BCUT2D eigenvalue weighted by Gasteiger charge is -2.06. The number of hydrogen-bond donors (Lipinski definition) is 1. The van der Waals surface area contributed by atoms with E-state index in [0.29, 0.717) is 18.1 Å². The van der Waals surface area contributed by atoms with E-state index < -0.39 is 10.0 Å². The lowest BCUT2D eigenvalue weighted by molar-refractivity contribution is 0.594. The van der Waals surface area contributed by atoms with Crippen LogP contribution < -0.4 is 4.72 Å². The number of hydrogen-bond acceptors (Lipinski definition) is 6. The molecule has 1 N–H and O–H groups in total. The highest BCUT2D eigenvalue weighted by Crippen LogP contribution is 2.31. The third-order valence-electron chi connectivity index (χ3n) is 4.00. The molecule has 0 saturated heterocycles. The minimum absolute atomic E-state index is 0.0186. The maximum Gasteiger partial charge on any atom is 0.282 e. The molecule has 1 aliphatic rings. The quantitative estimate of drug-likeness (QED) is 0.715. The summed E-state index contributed by atoms with van der Waals surface area (Å²) in [6.07, 6.45) is 7.49. The van der Waals surface area contributed by atoms with Gasteiger partial charge in [-0.05, 0) is 18.8 Å². The number of fused-ring (bicyclic) bond motifs is 1. The van der Waals surface area contributed by atoms with E-state index >= 15 is 0 Å². The molecule has 3 aromatic rings.